The van der Waals surface area contributed by atoms with Crippen molar-refractivity contribution in [1.82, 2.24) is 0 Å². The van der Waals surface area contributed by atoms with Crippen LogP contribution < -0.4 is 0 Å². The second-order valence-corrected chi connectivity index (χ2v) is 15.9. The summed E-state index contributed by atoms with van der Waals surface area (Å²) in [4.78, 5) is 0. The standard InChI is InChI=1S/C51H34S/c1-51(2)43-26-27-45-50(49(43)42-28-34-14-6-7-15-35(34)29-44(42)51)41-25-24-36(30-46(41)52-45)48-39-18-10-8-16-37(39)47(38-17-9-11-19-40(38)48)33-22-20-32(21-23-33)31-12-4-3-5-13-31/h3-30H,1-2H3. The van der Waals surface area contributed by atoms with E-state index in [0.29, 0.717) is 0 Å². The van der Waals surface area contributed by atoms with Gasteiger partial charge in [-0.15, -0.1) is 11.3 Å². The van der Waals surface area contributed by atoms with Gasteiger partial charge in [0, 0.05) is 25.6 Å². The second-order valence-electron chi connectivity index (χ2n) is 14.8. The lowest BCUT2D eigenvalue weighted by atomic mass is 9.81. The molecule has 0 aliphatic heterocycles. The third-order valence-electron chi connectivity index (χ3n) is 11.6. The molecule has 0 saturated carbocycles. The maximum Gasteiger partial charge on any atom is 0.0361 e. The van der Waals surface area contributed by atoms with Crippen LogP contribution in [0.1, 0.15) is 25.0 Å². The number of hydrogen-bond donors (Lipinski definition) is 0. The number of fused-ring (bicyclic) bond motifs is 10. The average molecular weight is 679 g/mol. The van der Waals surface area contributed by atoms with E-state index in [2.05, 4.69) is 184 Å². The molecule has 0 saturated heterocycles. The van der Waals surface area contributed by atoms with Crippen LogP contribution in [-0.2, 0) is 5.41 Å². The van der Waals surface area contributed by atoms with Gasteiger partial charge in [-0.2, -0.15) is 0 Å². The van der Waals surface area contributed by atoms with Gasteiger partial charge in [0.1, 0.15) is 0 Å². The summed E-state index contributed by atoms with van der Waals surface area (Å²) in [5, 5.41) is 10.5. The van der Waals surface area contributed by atoms with Crippen molar-refractivity contribution in [3.63, 3.8) is 0 Å². The Morgan fingerprint density at radius 1 is 0.365 bits per heavy atom. The van der Waals surface area contributed by atoms with Crippen molar-refractivity contribution in [3.05, 3.63) is 181 Å². The fourth-order valence-corrected chi connectivity index (χ4v) is 10.3. The highest BCUT2D eigenvalue weighted by Crippen LogP contribution is 2.55. The zero-order chi connectivity index (χ0) is 34.6. The molecule has 52 heavy (non-hydrogen) atoms. The number of benzene rings is 9. The molecule has 1 aliphatic carbocycles. The van der Waals surface area contributed by atoms with Crippen molar-refractivity contribution in [2.75, 3.05) is 0 Å². The summed E-state index contributed by atoms with van der Waals surface area (Å²) in [6, 6.07) is 63.3. The Balaban J connectivity index is 1.12. The molecule has 1 aromatic heterocycles. The van der Waals surface area contributed by atoms with E-state index in [1.807, 2.05) is 11.3 Å². The van der Waals surface area contributed by atoms with Crippen LogP contribution in [0, 0.1) is 0 Å². The van der Waals surface area contributed by atoms with Crippen LogP contribution in [0.2, 0.25) is 0 Å². The van der Waals surface area contributed by atoms with E-state index in [1.54, 1.807) is 0 Å². The van der Waals surface area contributed by atoms with Crippen LogP contribution in [0.4, 0.5) is 0 Å². The van der Waals surface area contributed by atoms with Gasteiger partial charge in [0.25, 0.3) is 0 Å². The molecular weight excluding hydrogens is 645 g/mol. The number of thiophene rings is 1. The van der Waals surface area contributed by atoms with Gasteiger partial charge in [0.15, 0.2) is 0 Å². The minimum atomic E-state index is -0.0570. The Bertz CT molecular complexity index is 3010. The van der Waals surface area contributed by atoms with Gasteiger partial charge >= 0.3 is 0 Å². The maximum atomic E-state index is 2.45. The summed E-state index contributed by atoms with van der Waals surface area (Å²) in [5.41, 5.74) is 13.2. The van der Waals surface area contributed by atoms with Crippen LogP contribution in [0.5, 0.6) is 0 Å². The Hall–Kier alpha value is -6.02. The Kier molecular flexibility index (Phi) is 6.27. The zero-order valence-electron chi connectivity index (χ0n) is 29.1. The molecule has 0 unspecified atom stereocenters. The molecule has 10 aromatic rings. The third kappa shape index (κ3) is 4.21. The molecule has 0 N–H and O–H groups in total. The van der Waals surface area contributed by atoms with Gasteiger partial charge < -0.3 is 0 Å². The van der Waals surface area contributed by atoms with Gasteiger partial charge in [-0.05, 0) is 112 Å². The molecule has 0 bridgehead atoms. The average Bonchev–Trinajstić information content (AvgIpc) is 3.67. The highest BCUT2D eigenvalue weighted by atomic mass is 32.1. The first kappa shape index (κ1) is 29.7. The van der Waals surface area contributed by atoms with Crippen LogP contribution in [0.25, 0.3) is 97.0 Å². The van der Waals surface area contributed by atoms with E-state index < -0.39 is 0 Å². The third-order valence-corrected chi connectivity index (χ3v) is 12.8. The van der Waals surface area contributed by atoms with Crippen LogP contribution in [0.3, 0.4) is 0 Å². The maximum absolute atomic E-state index is 2.45. The lowest BCUT2D eigenvalue weighted by Gasteiger charge is -2.21. The fraction of sp³-hybridized carbons (Fsp3) is 0.0588. The van der Waals surface area contributed by atoms with Gasteiger partial charge in [0.05, 0.1) is 0 Å². The minimum absolute atomic E-state index is 0.0570. The summed E-state index contributed by atoms with van der Waals surface area (Å²) in [7, 11) is 0. The molecule has 1 heteroatoms. The summed E-state index contributed by atoms with van der Waals surface area (Å²) in [6.07, 6.45) is 0. The molecule has 0 atom stereocenters. The predicted octanol–water partition coefficient (Wildman–Crippen LogP) is 14.8. The van der Waals surface area contributed by atoms with Crippen molar-refractivity contribution >= 4 is 63.8 Å². The zero-order valence-corrected chi connectivity index (χ0v) is 29.9. The molecule has 0 fully saturated rings. The first-order valence-electron chi connectivity index (χ1n) is 18.2. The summed E-state index contributed by atoms with van der Waals surface area (Å²) >= 11 is 1.93. The molecule has 0 radical (unpaired) electrons. The molecule has 0 amide bonds. The monoisotopic (exact) mass is 678 g/mol. The molecule has 0 spiro atoms. The highest BCUT2D eigenvalue weighted by molar-refractivity contribution is 7.26. The molecule has 9 aromatic carbocycles. The molecule has 1 aliphatic rings. The van der Waals surface area contributed by atoms with E-state index in [9.17, 15) is 0 Å². The molecule has 1 heterocycles. The first-order valence-corrected chi connectivity index (χ1v) is 19.0. The quantitative estimate of drug-likeness (QED) is 0.163. The van der Waals surface area contributed by atoms with E-state index in [-0.39, 0.29) is 5.41 Å². The Morgan fingerprint density at radius 2 is 0.904 bits per heavy atom. The predicted molar refractivity (Wildman–Crippen MR) is 226 cm³/mol. The van der Waals surface area contributed by atoms with E-state index in [4.69, 9.17) is 0 Å². The molecular formula is C51H34S. The fourth-order valence-electron chi connectivity index (χ4n) is 9.14. The second kappa shape index (κ2) is 11.0. The van der Waals surface area contributed by atoms with E-state index >= 15 is 0 Å². The van der Waals surface area contributed by atoms with Crippen LogP contribution in [0.15, 0.2) is 170 Å². The SMILES string of the molecule is CC1(C)c2cc3ccccc3cc2-c2c1ccc1sc3cc(-c4c5ccccc5c(-c5ccc(-c6ccccc6)cc5)c5ccccc45)ccc3c21. The minimum Gasteiger partial charge on any atom is -0.135 e. The largest absolute Gasteiger partial charge is 0.135 e. The lowest BCUT2D eigenvalue weighted by Crippen LogP contribution is -2.14. The van der Waals surface area contributed by atoms with Gasteiger partial charge in [0.2, 0.25) is 0 Å². The van der Waals surface area contributed by atoms with Crippen molar-refractivity contribution in [1.29, 1.82) is 0 Å². The first-order chi connectivity index (χ1) is 25.5. The van der Waals surface area contributed by atoms with Crippen molar-refractivity contribution in [2.24, 2.45) is 0 Å². The van der Waals surface area contributed by atoms with Gasteiger partial charge in [-0.25, -0.2) is 0 Å². The highest BCUT2D eigenvalue weighted by Gasteiger charge is 2.37. The van der Waals surface area contributed by atoms with Crippen LogP contribution in [-0.4, -0.2) is 0 Å². The summed E-state index contributed by atoms with van der Waals surface area (Å²) < 4.78 is 2.69. The topological polar surface area (TPSA) is 0 Å². The van der Waals surface area contributed by atoms with Crippen molar-refractivity contribution in [2.45, 2.75) is 19.3 Å². The van der Waals surface area contributed by atoms with Gasteiger partial charge in [-0.1, -0.05) is 159 Å². The van der Waals surface area contributed by atoms with Crippen molar-refractivity contribution < 1.29 is 0 Å². The molecule has 0 nitrogen and oxygen atoms in total. The van der Waals surface area contributed by atoms with Crippen molar-refractivity contribution in [3.8, 4) is 44.5 Å². The lowest BCUT2D eigenvalue weighted by molar-refractivity contribution is 0.662. The van der Waals surface area contributed by atoms with Gasteiger partial charge in [-0.3, -0.25) is 0 Å². The van der Waals surface area contributed by atoms with E-state index in [0.717, 1.165) is 0 Å². The Morgan fingerprint density at radius 3 is 1.58 bits per heavy atom. The normalized spacial score (nSPS) is 13.3. The Labute approximate surface area is 307 Å². The molecule has 244 valence electrons. The number of hydrogen-bond acceptors (Lipinski definition) is 1. The summed E-state index contributed by atoms with van der Waals surface area (Å²) in [6.45, 7) is 4.78. The summed E-state index contributed by atoms with van der Waals surface area (Å²) in [5.74, 6) is 0. The number of rotatable bonds is 3. The van der Waals surface area contributed by atoms with Crippen LogP contribution >= 0.6 is 11.3 Å². The smallest absolute Gasteiger partial charge is 0.0361 e. The van der Waals surface area contributed by atoms with E-state index in [1.165, 1.54) is 108 Å². The molecule has 11 rings (SSSR count).